The number of rotatable bonds is 3. The number of hydrogen-bond acceptors (Lipinski definition) is 6. The molecular formula is C10H14F3N5OS. The summed E-state index contributed by atoms with van der Waals surface area (Å²) in [4.78, 5) is 17.7. The summed E-state index contributed by atoms with van der Waals surface area (Å²) in [5.41, 5.74) is 5.60. The smallest absolute Gasteiger partial charge is 0.382 e. The molecule has 0 aromatic carbocycles. The van der Waals surface area contributed by atoms with Crippen molar-refractivity contribution < 1.29 is 18.0 Å². The Morgan fingerprint density at radius 2 is 2.10 bits per heavy atom. The molecule has 1 aromatic rings. The molecule has 1 aliphatic heterocycles. The fourth-order valence-electron chi connectivity index (χ4n) is 1.74. The van der Waals surface area contributed by atoms with Gasteiger partial charge in [0, 0.05) is 26.2 Å². The van der Waals surface area contributed by atoms with E-state index < -0.39 is 18.6 Å². The first-order chi connectivity index (χ1) is 9.37. The number of alkyl halides is 3. The number of piperazine rings is 1. The van der Waals surface area contributed by atoms with Crippen molar-refractivity contribution in [3.63, 3.8) is 0 Å². The minimum absolute atomic E-state index is 0.0165. The van der Waals surface area contributed by atoms with Gasteiger partial charge in [0.25, 0.3) is 5.91 Å². The van der Waals surface area contributed by atoms with E-state index in [0.717, 1.165) is 37.5 Å². The summed E-state index contributed by atoms with van der Waals surface area (Å²) in [6.45, 7) is 1.63. The average Bonchev–Trinajstić information content (AvgIpc) is 2.78. The molecule has 4 N–H and O–H groups in total. The first-order valence-corrected chi connectivity index (χ1v) is 6.75. The Morgan fingerprint density at radius 1 is 1.45 bits per heavy atom. The van der Waals surface area contributed by atoms with Crippen LogP contribution in [-0.4, -0.2) is 49.8 Å². The molecule has 2 rings (SSSR count). The summed E-state index contributed by atoms with van der Waals surface area (Å²) in [6.07, 6.45) is -4.45. The lowest BCUT2D eigenvalue weighted by molar-refractivity contribution is -0.123. The van der Waals surface area contributed by atoms with E-state index >= 15 is 0 Å². The number of nitrogen functional groups attached to an aromatic ring is 1. The minimum Gasteiger partial charge on any atom is -0.382 e. The maximum absolute atomic E-state index is 12.1. The number of thiazole rings is 1. The number of nitrogens with zero attached hydrogens (tertiary/aromatic N) is 2. The molecule has 0 saturated carbocycles. The Morgan fingerprint density at radius 3 is 2.70 bits per heavy atom. The Labute approximate surface area is 117 Å². The molecule has 1 saturated heterocycles. The molecule has 1 aromatic heterocycles. The topological polar surface area (TPSA) is 83.3 Å². The van der Waals surface area contributed by atoms with Crippen molar-refractivity contribution in [2.24, 2.45) is 0 Å². The van der Waals surface area contributed by atoms with Crippen molar-refractivity contribution in [3.05, 3.63) is 4.88 Å². The van der Waals surface area contributed by atoms with E-state index in [0.29, 0.717) is 5.13 Å². The maximum Gasteiger partial charge on any atom is 0.405 e. The average molecular weight is 309 g/mol. The van der Waals surface area contributed by atoms with Crippen LogP contribution in [0.25, 0.3) is 0 Å². The number of anilines is 2. The predicted molar refractivity (Wildman–Crippen MR) is 70.0 cm³/mol. The Balaban J connectivity index is 2.04. The maximum atomic E-state index is 12.1. The van der Waals surface area contributed by atoms with Gasteiger partial charge in [-0.15, -0.1) is 0 Å². The highest BCUT2D eigenvalue weighted by Crippen LogP contribution is 2.28. The van der Waals surface area contributed by atoms with Crippen LogP contribution in [0.15, 0.2) is 0 Å². The Bertz CT molecular complexity index is 484. The molecule has 2 heterocycles. The quantitative estimate of drug-likeness (QED) is 0.754. The van der Waals surface area contributed by atoms with Gasteiger partial charge >= 0.3 is 6.18 Å². The first-order valence-electron chi connectivity index (χ1n) is 5.94. The number of aromatic nitrogens is 1. The molecule has 0 aliphatic carbocycles. The van der Waals surface area contributed by atoms with Crippen LogP contribution in [0.3, 0.4) is 0 Å². The molecule has 0 spiro atoms. The molecule has 112 valence electrons. The molecule has 0 atom stereocenters. The highest BCUT2D eigenvalue weighted by Gasteiger charge is 2.29. The van der Waals surface area contributed by atoms with Gasteiger partial charge in [-0.3, -0.25) is 4.79 Å². The number of nitrogens with one attached hydrogen (secondary N) is 2. The summed E-state index contributed by atoms with van der Waals surface area (Å²) in [5.74, 6) is -0.887. The lowest BCUT2D eigenvalue weighted by Gasteiger charge is -2.26. The third-order valence-electron chi connectivity index (χ3n) is 2.69. The van der Waals surface area contributed by atoms with E-state index in [-0.39, 0.29) is 10.7 Å². The molecule has 0 unspecified atom stereocenters. The van der Waals surface area contributed by atoms with Crippen LogP contribution in [0.2, 0.25) is 0 Å². The Kier molecular flexibility index (Phi) is 4.33. The van der Waals surface area contributed by atoms with Crippen LogP contribution in [-0.2, 0) is 0 Å². The molecule has 1 aliphatic rings. The van der Waals surface area contributed by atoms with Crippen LogP contribution in [0, 0.1) is 0 Å². The number of amides is 1. The van der Waals surface area contributed by atoms with Crippen molar-refractivity contribution in [3.8, 4) is 0 Å². The third-order valence-corrected chi connectivity index (χ3v) is 3.82. The largest absolute Gasteiger partial charge is 0.405 e. The second kappa shape index (κ2) is 5.83. The van der Waals surface area contributed by atoms with Crippen LogP contribution < -0.4 is 21.3 Å². The van der Waals surface area contributed by atoms with Gasteiger partial charge in [-0.1, -0.05) is 11.3 Å². The van der Waals surface area contributed by atoms with Gasteiger partial charge in [-0.2, -0.15) is 13.2 Å². The van der Waals surface area contributed by atoms with E-state index in [4.69, 9.17) is 5.73 Å². The number of hydrogen-bond donors (Lipinski definition) is 3. The van der Waals surface area contributed by atoms with Crippen molar-refractivity contribution in [1.29, 1.82) is 0 Å². The number of carbonyl (C=O) groups is 1. The molecule has 1 fully saturated rings. The normalized spacial score (nSPS) is 16.2. The van der Waals surface area contributed by atoms with Gasteiger partial charge in [0.05, 0.1) is 0 Å². The first kappa shape index (κ1) is 14.9. The van der Waals surface area contributed by atoms with Crippen molar-refractivity contribution in [1.82, 2.24) is 15.6 Å². The lowest BCUT2D eigenvalue weighted by Crippen LogP contribution is -2.43. The number of halogens is 3. The van der Waals surface area contributed by atoms with Crippen LogP contribution in [0.4, 0.5) is 24.1 Å². The summed E-state index contributed by atoms with van der Waals surface area (Å²) >= 11 is 1.01. The van der Waals surface area contributed by atoms with Gasteiger partial charge in [0.1, 0.15) is 17.2 Å². The van der Waals surface area contributed by atoms with E-state index in [1.165, 1.54) is 0 Å². The van der Waals surface area contributed by atoms with Gasteiger partial charge in [0.15, 0.2) is 5.13 Å². The monoisotopic (exact) mass is 309 g/mol. The molecule has 0 radical (unpaired) electrons. The fraction of sp³-hybridized carbons (Fsp3) is 0.600. The second-order valence-corrected chi connectivity index (χ2v) is 5.22. The zero-order valence-electron chi connectivity index (χ0n) is 10.5. The highest BCUT2D eigenvalue weighted by atomic mass is 32.1. The molecular weight excluding hydrogens is 295 g/mol. The van der Waals surface area contributed by atoms with Gasteiger partial charge in [-0.25, -0.2) is 4.98 Å². The number of carbonyl (C=O) groups excluding carboxylic acids is 1. The van der Waals surface area contributed by atoms with Crippen molar-refractivity contribution in [2.75, 3.05) is 43.4 Å². The fourth-order valence-corrected chi connectivity index (χ4v) is 2.69. The zero-order chi connectivity index (χ0) is 14.8. The van der Waals surface area contributed by atoms with E-state index in [1.807, 2.05) is 4.90 Å². The van der Waals surface area contributed by atoms with Gasteiger partial charge in [0.2, 0.25) is 0 Å². The molecule has 10 heteroatoms. The highest BCUT2D eigenvalue weighted by molar-refractivity contribution is 7.18. The van der Waals surface area contributed by atoms with Crippen LogP contribution in [0.5, 0.6) is 0 Å². The van der Waals surface area contributed by atoms with Crippen molar-refractivity contribution in [2.45, 2.75) is 6.18 Å². The van der Waals surface area contributed by atoms with E-state index in [2.05, 4.69) is 10.3 Å². The van der Waals surface area contributed by atoms with E-state index in [9.17, 15) is 18.0 Å². The van der Waals surface area contributed by atoms with Crippen LogP contribution >= 0.6 is 11.3 Å². The molecule has 20 heavy (non-hydrogen) atoms. The zero-order valence-corrected chi connectivity index (χ0v) is 11.3. The second-order valence-electron chi connectivity index (χ2n) is 4.25. The minimum atomic E-state index is -4.45. The lowest BCUT2D eigenvalue weighted by atomic mass is 10.4. The third kappa shape index (κ3) is 3.73. The van der Waals surface area contributed by atoms with E-state index in [1.54, 1.807) is 5.32 Å². The SMILES string of the molecule is Nc1nc(N2CCNCC2)sc1C(=O)NCC(F)(F)F. The van der Waals surface area contributed by atoms with Gasteiger partial charge in [-0.05, 0) is 0 Å². The summed E-state index contributed by atoms with van der Waals surface area (Å²) in [7, 11) is 0. The van der Waals surface area contributed by atoms with Crippen molar-refractivity contribution >= 4 is 28.2 Å². The molecule has 6 nitrogen and oxygen atoms in total. The standard InChI is InChI=1S/C10H14F3N5OS/c11-10(12,13)5-16-8(19)6-7(14)17-9(20-6)18-3-1-15-2-4-18/h15H,1-5,14H2,(H,16,19). The molecule has 1 amide bonds. The summed E-state index contributed by atoms with van der Waals surface area (Å²) in [5, 5.41) is 5.51. The summed E-state index contributed by atoms with van der Waals surface area (Å²) < 4.78 is 36.2. The number of nitrogens with two attached hydrogens (primary N) is 1. The predicted octanol–water partition coefficient (Wildman–Crippen LogP) is 0.427. The summed E-state index contributed by atoms with van der Waals surface area (Å²) in [6, 6.07) is 0. The Hall–Kier alpha value is -1.55. The van der Waals surface area contributed by atoms with Crippen LogP contribution in [0.1, 0.15) is 9.67 Å². The molecule has 0 bridgehead atoms. The van der Waals surface area contributed by atoms with Gasteiger partial charge < -0.3 is 21.3 Å².